The van der Waals surface area contributed by atoms with Crippen LogP contribution in [-0.2, 0) is 4.79 Å². The van der Waals surface area contributed by atoms with Crippen molar-refractivity contribution in [2.75, 3.05) is 39.8 Å². The average molecular weight is 629 g/mol. The topological polar surface area (TPSA) is 56.7 Å². The monoisotopic (exact) mass is 628 g/mol. The van der Waals surface area contributed by atoms with Crippen LogP contribution in [-0.4, -0.2) is 68.8 Å². The van der Waals surface area contributed by atoms with Crippen molar-refractivity contribution in [1.29, 1.82) is 0 Å². The molecule has 1 amide bonds. The van der Waals surface area contributed by atoms with Gasteiger partial charge in [0.25, 0.3) is 0 Å². The van der Waals surface area contributed by atoms with Crippen molar-refractivity contribution >= 4 is 17.3 Å². The minimum absolute atomic E-state index is 0.0468. The third-order valence-corrected chi connectivity index (χ3v) is 8.60. The molecule has 0 radical (unpaired) electrons. The molecule has 238 valence electrons. The Morgan fingerprint density at radius 2 is 1.40 bits per heavy atom. The van der Waals surface area contributed by atoms with Crippen LogP contribution in [0, 0.1) is 12.3 Å². The first kappa shape index (κ1) is 32.3. The highest BCUT2D eigenvalue weighted by molar-refractivity contribution is 6.13. The highest BCUT2D eigenvalue weighted by Crippen LogP contribution is 2.59. The predicted octanol–water partition coefficient (Wildman–Crippen LogP) is 6.49. The van der Waals surface area contributed by atoms with E-state index in [1.165, 1.54) is 61.6 Å². The second-order valence-electron chi connectivity index (χ2n) is 11.3. The van der Waals surface area contributed by atoms with E-state index in [0.717, 1.165) is 0 Å². The van der Waals surface area contributed by atoms with Crippen molar-refractivity contribution < 1.29 is 31.1 Å². The summed E-state index contributed by atoms with van der Waals surface area (Å²) >= 11 is 0. The number of hydrogen-bond donors (Lipinski definition) is 2. The average Bonchev–Trinajstić information content (AvgIpc) is 3.01. The van der Waals surface area contributed by atoms with Gasteiger partial charge in [0.1, 0.15) is 23.1 Å². The number of alkyl halides is 6. The Morgan fingerprint density at radius 1 is 0.844 bits per heavy atom. The fourth-order valence-corrected chi connectivity index (χ4v) is 6.71. The van der Waals surface area contributed by atoms with Gasteiger partial charge in [-0.05, 0) is 34.8 Å². The molecule has 3 aromatic carbocycles. The largest absolute Gasteiger partial charge is 0.399 e. The number of piperazine rings is 1. The van der Waals surface area contributed by atoms with Crippen LogP contribution in [0.5, 0.6) is 0 Å². The van der Waals surface area contributed by atoms with E-state index < -0.39 is 47.6 Å². The number of nitrogens with zero attached hydrogens (tertiary/aromatic N) is 2. The Balaban J connectivity index is 2.01. The number of amidine groups is 1. The number of dihydropyridines is 1. The fraction of sp³-hybridized carbons (Fsp3) is 0.353. The number of benzene rings is 3. The van der Waals surface area contributed by atoms with Gasteiger partial charge >= 0.3 is 12.4 Å². The molecule has 0 aromatic heterocycles. The van der Waals surface area contributed by atoms with Gasteiger partial charge in [-0.2, -0.15) is 26.3 Å². The van der Waals surface area contributed by atoms with Crippen LogP contribution in [0.2, 0.25) is 0 Å². The summed E-state index contributed by atoms with van der Waals surface area (Å²) in [5, 5.41) is 5.57. The number of aliphatic imine (C=N–C) groups is 1. The van der Waals surface area contributed by atoms with Crippen LogP contribution in [0.1, 0.15) is 34.1 Å². The van der Waals surface area contributed by atoms with Gasteiger partial charge in [0, 0.05) is 38.8 Å². The maximum absolute atomic E-state index is 15.6. The van der Waals surface area contributed by atoms with Crippen LogP contribution in [0.15, 0.2) is 95.5 Å². The molecule has 2 aliphatic rings. The van der Waals surface area contributed by atoms with E-state index in [0.29, 0.717) is 18.7 Å². The molecular weight excluding hydrogens is 594 g/mol. The number of carbonyl (C=O) groups is 1. The van der Waals surface area contributed by atoms with Crippen LogP contribution in [0.3, 0.4) is 0 Å². The summed E-state index contributed by atoms with van der Waals surface area (Å²) in [6.45, 7) is 2.39. The molecule has 45 heavy (non-hydrogen) atoms. The third-order valence-electron chi connectivity index (χ3n) is 8.60. The zero-order valence-corrected chi connectivity index (χ0v) is 24.8. The summed E-state index contributed by atoms with van der Waals surface area (Å²) in [7, 11) is 1.20. The normalized spacial score (nSPS) is 20.8. The Kier molecular flexibility index (Phi) is 9.11. The zero-order chi connectivity index (χ0) is 32.4. The molecule has 2 aliphatic heterocycles. The number of rotatable bonds is 6. The van der Waals surface area contributed by atoms with E-state index in [1.54, 1.807) is 42.2 Å². The second kappa shape index (κ2) is 12.7. The molecule has 3 atom stereocenters. The number of nitrogens with one attached hydrogen (secondary N) is 2. The Bertz CT molecular complexity index is 1560. The van der Waals surface area contributed by atoms with E-state index in [2.05, 4.69) is 15.6 Å². The summed E-state index contributed by atoms with van der Waals surface area (Å²) < 4.78 is 93.4. The lowest BCUT2D eigenvalue weighted by molar-refractivity contribution is -0.176. The molecule has 1 saturated heterocycles. The molecule has 3 unspecified atom stereocenters. The van der Waals surface area contributed by atoms with Gasteiger partial charge in [0.15, 0.2) is 0 Å². The van der Waals surface area contributed by atoms with Gasteiger partial charge in [-0.1, -0.05) is 84.9 Å². The lowest BCUT2D eigenvalue weighted by Gasteiger charge is -2.47. The second-order valence-corrected chi connectivity index (χ2v) is 11.3. The van der Waals surface area contributed by atoms with Crippen molar-refractivity contribution in [3.05, 3.63) is 113 Å². The van der Waals surface area contributed by atoms with E-state index >= 15 is 26.3 Å². The van der Waals surface area contributed by atoms with Crippen molar-refractivity contribution in [3.8, 4) is 0 Å². The van der Waals surface area contributed by atoms with Crippen molar-refractivity contribution in [1.82, 2.24) is 15.5 Å². The Hall–Kier alpha value is -4.12. The van der Waals surface area contributed by atoms with Gasteiger partial charge in [0.2, 0.25) is 5.91 Å². The van der Waals surface area contributed by atoms with Crippen molar-refractivity contribution in [2.45, 2.75) is 31.1 Å². The van der Waals surface area contributed by atoms with Gasteiger partial charge in [0.05, 0.1) is 6.54 Å². The SMILES string of the molecule is CNC(=O)C1(C(c2ccccc2)C(F)(F)F)CN=C(N2CCNCC2)C(C(c2ccccc2)C(F)(F)F)=C1c1ccccc1C. The van der Waals surface area contributed by atoms with Crippen molar-refractivity contribution in [3.63, 3.8) is 0 Å². The number of amides is 1. The Labute approximate surface area is 258 Å². The van der Waals surface area contributed by atoms with E-state index in [1.807, 2.05) is 0 Å². The lowest BCUT2D eigenvalue weighted by Crippen LogP contribution is -2.56. The first-order valence-electron chi connectivity index (χ1n) is 14.7. The van der Waals surface area contributed by atoms with Crippen LogP contribution in [0.25, 0.3) is 5.57 Å². The van der Waals surface area contributed by atoms with Crippen LogP contribution >= 0.6 is 0 Å². The maximum Gasteiger partial charge on any atom is 0.399 e. The van der Waals surface area contributed by atoms with E-state index in [-0.39, 0.29) is 41.2 Å². The summed E-state index contributed by atoms with van der Waals surface area (Å²) in [6.07, 6.45) is -10.00. The Morgan fingerprint density at radius 3 is 1.93 bits per heavy atom. The maximum atomic E-state index is 15.6. The van der Waals surface area contributed by atoms with Crippen molar-refractivity contribution in [2.24, 2.45) is 10.4 Å². The highest BCUT2D eigenvalue weighted by Gasteiger charge is 2.63. The van der Waals surface area contributed by atoms with Crippen LogP contribution < -0.4 is 10.6 Å². The molecule has 0 spiro atoms. The fourth-order valence-electron chi connectivity index (χ4n) is 6.71. The molecule has 3 aromatic rings. The summed E-state index contributed by atoms with van der Waals surface area (Å²) in [5.74, 6) is -6.01. The molecule has 1 fully saturated rings. The minimum Gasteiger partial charge on any atom is -0.358 e. The van der Waals surface area contributed by atoms with Gasteiger partial charge in [-0.3, -0.25) is 9.79 Å². The predicted molar refractivity (Wildman–Crippen MR) is 162 cm³/mol. The first-order chi connectivity index (χ1) is 21.4. The molecular formula is C34H34F6N4O. The smallest absolute Gasteiger partial charge is 0.358 e. The van der Waals surface area contributed by atoms with Gasteiger partial charge in [-0.25, -0.2) is 0 Å². The molecule has 0 aliphatic carbocycles. The summed E-state index contributed by atoms with van der Waals surface area (Å²) in [6, 6.07) is 20.4. The zero-order valence-electron chi connectivity index (χ0n) is 24.8. The number of halogens is 6. The molecule has 11 heteroatoms. The molecule has 0 bridgehead atoms. The van der Waals surface area contributed by atoms with E-state index in [9.17, 15) is 4.79 Å². The van der Waals surface area contributed by atoms with Gasteiger partial charge in [-0.15, -0.1) is 0 Å². The molecule has 2 heterocycles. The molecule has 0 saturated carbocycles. The molecule has 5 nitrogen and oxygen atoms in total. The third kappa shape index (κ3) is 6.10. The minimum atomic E-state index is -5.05. The lowest BCUT2D eigenvalue weighted by atomic mass is 9.60. The van der Waals surface area contributed by atoms with Gasteiger partial charge < -0.3 is 15.5 Å². The number of carbonyl (C=O) groups excluding carboxylic acids is 1. The van der Waals surface area contributed by atoms with Crippen LogP contribution in [0.4, 0.5) is 26.3 Å². The summed E-state index contributed by atoms with van der Waals surface area (Å²) in [5.41, 5.74) is -3.19. The summed E-state index contributed by atoms with van der Waals surface area (Å²) in [4.78, 5) is 20.5. The van der Waals surface area contributed by atoms with E-state index in [4.69, 9.17) is 0 Å². The first-order valence-corrected chi connectivity index (χ1v) is 14.7. The number of hydrogen-bond acceptors (Lipinski definition) is 4. The number of aryl methyl sites for hydroxylation is 1. The highest BCUT2D eigenvalue weighted by atomic mass is 19.4. The molecule has 2 N–H and O–H groups in total. The standard InChI is InChI=1S/C34H34F6N4O/c1-22-11-9-10-16-25(22)28-26(27(33(35,36)37)23-12-5-3-6-13-23)30(44-19-17-42-18-20-44)43-21-32(28,31(45)41-2)29(34(38,39)40)24-14-7-4-8-15-24/h3-16,27,29,42H,17-21H2,1-2H3,(H,41,45). The quantitative estimate of drug-likeness (QED) is 0.307. The molecule has 5 rings (SSSR count).